The van der Waals surface area contributed by atoms with Crippen molar-refractivity contribution in [1.29, 1.82) is 0 Å². The van der Waals surface area contributed by atoms with Gasteiger partial charge in [0.1, 0.15) is 0 Å². The third-order valence-corrected chi connectivity index (χ3v) is 4.17. The fourth-order valence-corrected chi connectivity index (χ4v) is 2.70. The molecular weight excluding hydrogens is 212 g/mol. The molecule has 0 aliphatic heterocycles. The maximum Gasteiger partial charge on any atom is 0.0589 e. The second-order valence-corrected chi connectivity index (χ2v) is 5.20. The van der Waals surface area contributed by atoms with E-state index in [-0.39, 0.29) is 0 Å². The van der Waals surface area contributed by atoms with Gasteiger partial charge in [-0.2, -0.15) is 0 Å². The Morgan fingerprint density at radius 3 is 2.59 bits per heavy atom. The predicted molar refractivity (Wildman–Crippen MR) is 73.4 cm³/mol. The van der Waals surface area contributed by atoms with Crippen LogP contribution in [-0.4, -0.2) is 50.3 Å². The summed E-state index contributed by atoms with van der Waals surface area (Å²) in [6, 6.07) is 1.46. The lowest BCUT2D eigenvalue weighted by atomic mass is 9.77. The first-order chi connectivity index (χ1) is 8.24. The molecule has 0 heterocycles. The quantitative estimate of drug-likeness (QED) is 0.670. The van der Waals surface area contributed by atoms with Crippen LogP contribution >= 0.6 is 0 Å². The molecule has 0 amide bonds. The zero-order valence-electron chi connectivity index (χ0n) is 12.0. The Morgan fingerprint density at radius 2 is 2.12 bits per heavy atom. The summed E-state index contributed by atoms with van der Waals surface area (Å²) in [4.78, 5) is 2.66. The maximum atomic E-state index is 5.24. The Kier molecular flexibility index (Phi) is 7.09. The van der Waals surface area contributed by atoms with Gasteiger partial charge in [-0.15, -0.1) is 0 Å². The van der Waals surface area contributed by atoms with E-state index < -0.39 is 0 Å². The van der Waals surface area contributed by atoms with E-state index >= 15 is 0 Å². The summed E-state index contributed by atoms with van der Waals surface area (Å²) in [6.07, 6.45) is 3.98. The van der Waals surface area contributed by atoms with Gasteiger partial charge >= 0.3 is 0 Å². The van der Waals surface area contributed by atoms with Gasteiger partial charge in [-0.25, -0.2) is 0 Å². The summed E-state index contributed by atoms with van der Waals surface area (Å²) in [5.41, 5.74) is 0. The molecule has 0 saturated heterocycles. The van der Waals surface area contributed by atoms with Gasteiger partial charge in [0.05, 0.1) is 6.61 Å². The van der Waals surface area contributed by atoms with Crippen LogP contribution in [0.5, 0.6) is 0 Å². The lowest BCUT2D eigenvalue weighted by Gasteiger charge is -2.47. The lowest BCUT2D eigenvalue weighted by molar-refractivity contribution is 0.0131. The topological polar surface area (TPSA) is 24.5 Å². The SMILES string of the molecule is CCNCC1CCC1N(CCOC)C(C)CC. The van der Waals surface area contributed by atoms with Gasteiger partial charge in [-0.05, 0) is 45.2 Å². The Hall–Kier alpha value is -0.120. The van der Waals surface area contributed by atoms with Crippen molar-refractivity contribution in [2.45, 2.75) is 52.1 Å². The molecule has 1 fully saturated rings. The van der Waals surface area contributed by atoms with Crippen LogP contribution in [0.1, 0.15) is 40.0 Å². The third-order valence-electron chi connectivity index (χ3n) is 4.17. The van der Waals surface area contributed by atoms with Crippen molar-refractivity contribution in [2.75, 3.05) is 33.4 Å². The molecule has 0 spiro atoms. The van der Waals surface area contributed by atoms with E-state index in [4.69, 9.17) is 4.74 Å². The molecule has 1 N–H and O–H groups in total. The highest BCUT2D eigenvalue weighted by atomic mass is 16.5. The van der Waals surface area contributed by atoms with Crippen LogP contribution in [0.15, 0.2) is 0 Å². The number of hydrogen-bond donors (Lipinski definition) is 1. The molecule has 3 heteroatoms. The Morgan fingerprint density at radius 1 is 1.35 bits per heavy atom. The fraction of sp³-hybridized carbons (Fsp3) is 1.00. The molecule has 1 aliphatic rings. The number of methoxy groups -OCH3 is 1. The zero-order valence-corrected chi connectivity index (χ0v) is 12.0. The molecule has 0 aromatic rings. The number of ether oxygens (including phenoxy) is 1. The number of rotatable bonds is 9. The minimum absolute atomic E-state index is 0.680. The van der Waals surface area contributed by atoms with Crippen LogP contribution in [0, 0.1) is 5.92 Å². The van der Waals surface area contributed by atoms with E-state index in [1.54, 1.807) is 7.11 Å². The van der Waals surface area contributed by atoms with Crippen molar-refractivity contribution in [2.24, 2.45) is 5.92 Å². The lowest BCUT2D eigenvalue weighted by Crippen LogP contribution is -2.54. The van der Waals surface area contributed by atoms with Crippen molar-refractivity contribution >= 4 is 0 Å². The molecule has 102 valence electrons. The maximum absolute atomic E-state index is 5.24. The summed E-state index contributed by atoms with van der Waals surface area (Å²) in [6.45, 7) is 11.0. The van der Waals surface area contributed by atoms with Crippen LogP contribution in [-0.2, 0) is 4.74 Å². The van der Waals surface area contributed by atoms with Crippen LogP contribution in [0.3, 0.4) is 0 Å². The number of nitrogens with one attached hydrogen (secondary N) is 1. The minimum Gasteiger partial charge on any atom is -0.383 e. The largest absolute Gasteiger partial charge is 0.383 e. The molecule has 3 atom stereocenters. The van der Waals surface area contributed by atoms with E-state index in [9.17, 15) is 0 Å². The average Bonchev–Trinajstić information content (AvgIpc) is 2.32. The number of nitrogens with zero attached hydrogens (tertiary/aromatic N) is 1. The molecule has 0 radical (unpaired) electrons. The van der Waals surface area contributed by atoms with E-state index in [0.29, 0.717) is 6.04 Å². The highest BCUT2D eigenvalue weighted by Gasteiger charge is 2.36. The molecule has 0 aromatic carbocycles. The van der Waals surface area contributed by atoms with Gasteiger partial charge in [-0.3, -0.25) is 4.90 Å². The summed E-state index contributed by atoms with van der Waals surface area (Å²) in [5, 5.41) is 3.49. The molecule has 1 aliphatic carbocycles. The molecule has 1 rings (SSSR count). The average molecular weight is 242 g/mol. The van der Waals surface area contributed by atoms with Crippen molar-refractivity contribution in [1.82, 2.24) is 10.2 Å². The van der Waals surface area contributed by atoms with Crippen molar-refractivity contribution in [3.05, 3.63) is 0 Å². The van der Waals surface area contributed by atoms with Crippen molar-refractivity contribution in [3.63, 3.8) is 0 Å². The van der Waals surface area contributed by atoms with Gasteiger partial charge in [0.25, 0.3) is 0 Å². The molecule has 17 heavy (non-hydrogen) atoms. The molecular formula is C14H30N2O. The van der Waals surface area contributed by atoms with Gasteiger partial charge in [0.2, 0.25) is 0 Å². The monoisotopic (exact) mass is 242 g/mol. The first-order valence-electron chi connectivity index (χ1n) is 7.19. The van der Waals surface area contributed by atoms with Gasteiger partial charge in [0, 0.05) is 25.7 Å². The van der Waals surface area contributed by atoms with E-state index in [1.165, 1.54) is 25.8 Å². The van der Waals surface area contributed by atoms with E-state index in [0.717, 1.165) is 31.7 Å². The first kappa shape index (κ1) is 14.9. The zero-order chi connectivity index (χ0) is 12.7. The van der Waals surface area contributed by atoms with E-state index in [1.807, 2.05) is 0 Å². The Labute approximate surface area is 107 Å². The molecule has 3 unspecified atom stereocenters. The molecule has 1 saturated carbocycles. The summed E-state index contributed by atoms with van der Waals surface area (Å²) in [7, 11) is 1.80. The highest BCUT2D eigenvalue weighted by molar-refractivity contribution is 4.91. The van der Waals surface area contributed by atoms with Crippen molar-refractivity contribution in [3.8, 4) is 0 Å². The fourth-order valence-electron chi connectivity index (χ4n) is 2.70. The van der Waals surface area contributed by atoms with Crippen LogP contribution in [0.2, 0.25) is 0 Å². The van der Waals surface area contributed by atoms with Crippen LogP contribution in [0.4, 0.5) is 0 Å². The number of hydrogen-bond acceptors (Lipinski definition) is 3. The summed E-state index contributed by atoms with van der Waals surface area (Å²) >= 11 is 0. The second-order valence-electron chi connectivity index (χ2n) is 5.20. The van der Waals surface area contributed by atoms with Gasteiger partial charge in [0.15, 0.2) is 0 Å². The predicted octanol–water partition coefficient (Wildman–Crippen LogP) is 2.12. The van der Waals surface area contributed by atoms with Crippen LogP contribution in [0.25, 0.3) is 0 Å². The minimum atomic E-state index is 0.680. The van der Waals surface area contributed by atoms with Gasteiger partial charge in [-0.1, -0.05) is 13.8 Å². The van der Waals surface area contributed by atoms with Crippen LogP contribution < -0.4 is 5.32 Å². The molecule has 0 aromatic heterocycles. The Balaban J connectivity index is 2.44. The van der Waals surface area contributed by atoms with Crippen molar-refractivity contribution < 1.29 is 4.74 Å². The second kappa shape index (κ2) is 8.06. The highest BCUT2D eigenvalue weighted by Crippen LogP contribution is 2.33. The van der Waals surface area contributed by atoms with Gasteiger partial charge < -0.3 is 10.1 Å². The molecule has 0 bridgehead atoms. The third kappa shape index (κ3) is 4.23. The smallest absolute Gasteiger partial charge is 0.0589 e. The molecule has 3 nitrogen and oxygen atoms in total. The summed E-state index contributed by atoms with van der Waals surface area (Å²) in [5.74, 6) is 0.848. The first-order valence-corrected chi connectivity index (χ1v) is 7.19. The normalized spacial score (nSPS) is 25.9. The van der Waals surface area contributed by atoms with E-state index in [2.05, 4.69) is 31.0 Å². The standard InChI is InChI=1S/C14H30N2O/c1-5-12(3)16(9-10-17-4)14-8-7-13(14)11-15-6-2/h12-15H,5-11H2,1-4H3. The summed E-state index contributed by atoms with van der Waals surface area (Å²) < 4.78 is 5.24. The Bertz CT molecular complexity index is 199.